The molecule has 0 aliphatic carbocycles. The lowest BCUT2D eigenvalue weighted by Crippen LogP contribution is -2.25. The first-order valence-electron chi connectivity index (χ1n) is 9.63. The number of rotatable bonds is 8. The van der Waals surface area contributed by atoms with Gasteiger partial charge >= 0.3 is 6.18 Å². The number of halogens is 3. The number of Topliss-reactive ketones (excluding diaryl/α,β-unsaturated/α-hetero) is 1. The molecule has 3 N–H and O–H groups in total. The van der Waals surface area contributed by atoms with Crippen molar-refractivity contribution in [2.45, 2.75) is 13.1 Å². The number of carbonyl (C=O) groups excluding carboxylic acids is 2. The van der Waals surface area contributed by atoms with Gasteiger partial charge in [0.1, 0.15) is 12.3 Å². The molecule has 0 saturated carbocycles. The van der Waals surface area contributed by atoms with Crippen LogP contribution in [0.1, 0.15) is 37.4 Å². The normalized spacial score (nSPS) is 12.1. The van der Waals surface area contributed by atoms with E-state index in [-0.39, 0.29) is 37.1 Å². The molecule has 1 amide bonds. The zero-order valence-electron chi connectivity index (χ0n) is 17.3. The van der Waals surface area contributed by atoms with Crippen LogP contribution in [0, 0.1) is 0 Å². The number of nitrogens with one attached hydrogen (secondary N) is 1. The van der Waals surface area contributed by atoms with Gasteiger partial charge in [0.05, 0.1) is 26.8 Å². The van der Waals surface area contributed by atoms with Crippen LogP contribution < -0.4 is 5.32 Å². The van der Waals surface area contributed by atoms with E-state index in [9.17, 15) is 27.9 Å². The number of aliphatic imine (C=N–C) groups is 1. The third-order valence-electron chi connectivity index (χ3n) is 4.59. The van der Waals surface area contributed by atoms with Gasteiger partial charge < -0.3 is 15.5 Å². The van der Waals surface area contributed by atoms with Crippen LogP contribution >= 0.6 is 22.7 Å². The Hall–Kier alpha value is -3.02. The number of hydrogen-bond donors (Lipinski definition) is 3. The van der Waals surface area contributed by atoms with Crippen molar-refractivity contribution in [1.29, 1.82) is 0 Å². The molecular weight excluding hydrogens is 477 g/mol. The standard InChI is InChI=1S/C22H19F3N2O4S2/c1-12(27-10-16(29)17-6-7-18(33-17)21(31)26-8-9-28)15-11-32-20(19(15)30)13-2-4-14(5-3-13)22(23,24)25/h2-7,11,28,30H,8-10H2,1H3,(H,26,31). The fraction of sp³-hybridized carbons (Fsp3) is 0.227. The highest BCUT2D eigenvalue weighted by Gasteiger charge is 2.30. The zero-order valence-corrected chi connectivity index (χ0v) is 18.9. The molecular formula is C22H19F3N2O4S2. The van der Waals surface area contributed by atoms with Crippen molar-refractivity contribution in [3.63, 3.8) is 0 Å². The molecule has 6 nitrogen and oxygen atoms in total. The van der Waals surface area contributed by atoms with Gasteiger partial charge in [0.25, 0.3) is 5.91 Å². The molecule has 0 fully saturated rings. The van der Waals surface area contributed by atoms with Crippen molar-refractivity contribution in [2.24, 2.45) is 4.99 Å². The fourth-order valence-electron chi connectivity index (χ4n) is 2.84. The summed E-state index contributed by atoms with van der Waals surface area (Å²) < 4.78 is 38.3. The highest BCUT2D eigenvalue weighted by Crippen LogP contribution is 2.40. The SMILES string of the molecule is CC(=NCC(=O)c1ccc(C(=O)NCCO)s1)c1csc(-c2ccc(C(F)(F)F)cc2)c1O. The number of thiophene rings is 2. The predicted molar refractivity (Wildman–Crippen MR) is 122 cm³/mol. The van der Waals surface area contributed by atoms with Gasteiger partial charge in [-0.2, -0.15) is 13.2 Å². The number of benzene rings is 1. The van der Waals surface area contributed by atoms with Crippen LogP contribution in [0.4, 0.5) is 13.2 Å². The van der Waals surface area contributed by atoms with E-state index in [2.05, 4.69) is 10.3 Å². The second-order valence-corrected chi connectivity index (χ2v) is 8.83. The zero-order chi connectivity index (χ0) is 24.2. The van der Waals surface area contributed by atoms with E-state index in [4.69, 9.17) is 5.11 Å². The van der Waals surface area contributed by atoms with E-state index in [1.807, 2.05) is 0 Å². The molecule has 0 aliphatic heterocycles. The van der Waals surface area contributed by atoms with Gasteiger partial charge in [0, 0.05) is 23.2 Å². The van der Waals surface area contributed by atoms with Crippen LogP contribution in [0.2, 0.25) is 0 Å². The molecule has 3 rings (SSSR count). The number of aromatic hydroxyl groups is 1. The van der Waals surface area contributed by atoms with Gasteiger partial charge in [0.2, 0.25) is 0 Å². The fourth-order valence-corrected chi connectivity index (χ4v) is 4.71. The molecule has 0 bridgehead atoms. The summed E-state index contributed by atoms with van der Waals surface area (Å²) in [6.45, 7) is 1.34. The Bertz CT molecular complexity index is 1180. The summed E-state index contributed by atoms with van der Waals surface area (Å²) in [6.07, 6.45) is -4.44. The number of alkyl halides is 3. The quantitative estimate of drug-likeness (QED) is 0.313. The summed E-state index contributed by atoms with van der Waals surface area (Å²) in [4.78, 5) is 29.6. The Labute approximate surface area is 195 Å². The third kappa shape index (κ3) is 5.86. The van der Waals surface area contributed by atoms with E-state index >= 15 is 0 Å². The van der Waals surface area contributed by atoms with Gasteiger partial charge in [-0.25, -0.2) is 0 Å². The van der Waals surface area contributed by atoms with Crippen molar-refractivity contribution in [3.05, 3.63) is 62.7 Å². The van der Waals surface area contributed by atoms with Crippen LogP contribution in [0.15, 0.2) is 46.8 Å². The highest BCUT2D eigenvalue weighted by atomic mass is 32.1. The molecule has 2 aromatic heterocycles. The molecule has 0 spiro atoms. The average molecular weight is 497 g/mol. The van der Waals surface area contributed by atoms with Crippen molar-refractivity contribution in [3.8, 4) is 16.2 Å². The Morgan fingerprint density at radius 3 is 2.39 bits per heavy atom. The van der Waals surface area contributed by atoms with Crippen LogP contribution in [0.3, 0.4) is 0 Å². The summed E-state index contributed by atoms with van der Waals surface area (Å²) in [5.41, 5.74) is 0.443. The van der Waals surface area contributed by atoms with Crippen LogP contribution in [0.5, 0.6) is 5.75 Å². The number of ketones is 1. The van der Waals surface area contributed by atoms with Crippen molar-refractivity contribution >= 4 is 40.1 Å². The van der Waals surface area contributed by atoms with E-state index in [0.29, 0.717) is 31.5 Å². The van der Waals surface area contributed by atoms with E-state index in [1.165, 1.54) is 24.3 Å². The molecule has 11 heteroatoms. The molecule has 3 aromatic rings. The summed E-state index contributed by atoms with van der Waals surface area (Å²) >= 11 is 2.17. The van der Waals surface area contributed by atoms with Crippen LogP contribution in [-0.4, -0.2) is 47.3 Å². The van der Waals surface area contributed by atoms with Crippen molar-refractivity contribution in [1.82, 2.24) is 5.32 Å². The summed E-state index contributed by atoms with van der Waals surface area (Å²) in [5, 5.41) is 23.5. The second kappa shape index (κ2) is 10.3. The Balaban J connectivity index is 1.70. The molecule has 0 atom stereocenters. The third-order valence-corrected chi connectivity index (χ3v) is 6.73. The minimum atomic E-state index is -4.44. The van der Waals surface area contributed by atoms with Gasteiger partial charge in [-0.15, -0.1) is 22.7 Å². The highest BCUT2D eigenvalue weighted by molar-refractivity contribution is 7.16. The van der Waals surface area contributed by atoms with Crippen molar-refractivity contribution in [2.75, 3.05) is 19.7 Å². The monoisotopic (exact) mass is 496 g/mol. The lowest BCUT2D eigenvalue weighted by Gasteiger charge is -2.07. The number of aliphatic hydroxyl groups is 1. The minimum absolute atomic E-state index is 0.113. The first kappa shape index (κ1) is 24.6. The number of aliphatic hydroxyl groups excluding tert-OH is 1. The lowest BCUT2D eigenvalue weighted by atomic mass is 10.1. The molecule has 33 heavy (non-hydrogen) atoms. The molecule has 2 heterocycles. The summed E-state index contributed by atoms with van der Waals surface area (Å²) in [5.74, 6) is -0.808. The molecule has 0 saturated heterocycles. The van der Waals surface area contributed by atoms with Crippen LogP contribution in [-0.2, 0) is 6.18 Å². The van der Waals surface area contributed by atoms with Gasteiger partial charge in [-0.3, -0.25) is 14.6 Å². The lowest BCUT2D eigenvalue weighted by molar-refractivity contribution is -0.137. The molecule has 174 valence electrons. The molecule has 1 aromatic carbocycles. The largest absolute Gasteiger partial charge is 0.506 e. The first-order valence-corrected chi connectivity index (χ1v) is 11.3. The summed E-state index contributed by atoms with van der Waals surface area (Å²) in [7, 11) is 0. The maximum Gasteiger partial charge on any atom is 0.416 e. The smallest absolute Gasteiger partial charge is 0.416 e. The van der Waals surface area contributed by atoms with Gasteiger partial charge in [-0.1, -0.05) is 12.1 Å². The Morgan fingerprint density at radius 2 is 1.76 bits per heavy atom. The Morgan fingerprint density at radius 1 is 1.09 bits per heavy atom. The average Bonchev–Trinajstić information content (AvgIpc) is 3.42. The van der Waals surface area contributed by atoms with E-state index in [0.717, 1.165) is 34.8 Å². The van der Waals surface area contributed by atoms with Crippen LogP contribution in [0.25, 0.3) is 10.4 Å². The first-order chi connectivity index (χ1) is 15.6. The van der Waals surface area contributed by atoms with Gasteiger partial charge in [-0.05, 0) is 36.8 Å². The van der Waals surface area contributed by atoms with Gasteiger partial charge in [0.15, 0.2) is 5.78 Å². The molecule has 0 radical (unpaired) electrons. The van der Waals surface area contributed by atoms with Crippen molar-refractivity contribution < 1.29 is 33.0 Å². The minimum Gasteiger partial charge on any atom is -0.506 e. The topological polar surface area (TPSA) is 99.0 Å². The van der Waals surface area contributed by atoms with E-state index < -0.39 is 11.7 Å². The van der Waals surface area contributed by atoms with E-state index in [1.54, 1.807) is 12.3 Å². The predicted octanol–water partition coefficient (Wildman–Crippen LogP) is 4.62. The number of nitrogens with zero attached hydrogens (tertiary/aromatic N) is 1. The maximum atomic E-state index is 12.8. The number of carbonyl (C=O) groups is 2. The maximum absolute atomic E-state index is 12.8. The Kier molecular flexibility index (Phi) is 7.67. The molecule has 0 unspecified atom stereocenters. The number of amides is 1. The molecule has 0 aliphatic rings. The summed E-state index contributed by atoms with van der Waals surface area (Å²) in [6, 6.07) is 7.53. The second-order valence-electron chi connectivity index (χ2n) is 6.87. The number of hydrogen-bond acceptors (Lipinski definition) is 7.